The van der Waals surface area contributed by atoms with Crippen LogP contribution >= 0.6 is 69.6 Å². The molecule has 0 heterocycles. The molecule has 0 aromatic rings. The first-order valence-electron chi connectivity index (χ1n) is 6.25. The van der Waals surface area contributed by atoms with Crippen molar-refractivity contribution in [2.24, 2.45) is 0 Å². The Bertz CT molecular complexity index is 397. The number of carbonyl (C=O) groups is 1. The molecule has 11 heteroatoms. The summed E-state index contributed by atoms with van der Waals surface area (Å²) < 4.78 is 7.20. The number of rotatable bonds is 9. The highest BCUT2D eigenvalue weighted by Crippen LogP contribution is 2.30. The first-order valence-corrected chi connectivity index (χ1v) is 8.52. The summed E-state index contributed by atoms with van der Waals surface area (Å²) in [5.74, 6) is -1.15. The molecule has 0 aromatic heterocycles. The second-order valence-electron chi connectivity index (χ2n) is 4.54. The van der Waals surface area contributed by atoms with Gasteiger partial charge in [-0.3, -0.25) is 0 Å². The summed E-state index contributed by atoms with van der Waals surface area (Å²) in [6, 6.07) is 0. The van der Waals surface area contributed by atoms with Crippen LogP contribution in [0.3, 0.4) is 0 Å². The highest BCUT2D eigenvalue weighted by atomic mass is 35.6. The number of hydrogen-bond acceptors (Lipinski definition) is 4. The van der Waals surface area contributed by atoms with Crippen LogP contribution in [-0.4, -0.2) is 49.9 Å². The molecule has 0 amide bonds. The molecule has 136 valence electrons. The molecule has 0 fully saturated rings. The van der Waals surface area contributed by atoms with E-state index in [0.29, 0.717) is 5.57 Å². The Labute approximate surface area is 164 Å². The molecule has 0 saturated carbocycles. The molecule has 0 atom stereocenters. The summed E-state index contributed by atoms with van der Waals surface area (Å²) >= 11 is 33.5. The summed E-state index contributed by atoms with van der Waals surface area (Å²) in [6.07, 6.45) is -0.811. The first-order chi connectivity index (χ1) is 10.4. The Morgan fingerprint density at radius 3 is 1.78 bits per heavy atom. The monoisotopic (exact) mass is 450 g/mol. The maximum atomic E-state index is 11.2. The number of aliphatic hydroxyl groups excluding tert-OH is 1. The number of carboxylic acids is 1. The maximum Gasteiger partial charge on any atom is 0.331 e. The minimum atomic E-state index is -1.67. The van der Waals surface area contributed by atoms with Gasteiger partial charge in [-0.25, -0.2) is 4.79 Å². The van der Waals surface area contributed by atoms with Crippen molar-refractivity contribution >= 4 is 75.6 Å². The van der Waals surface area contributed by atoms with Crippen molar-refractivity contribution in [2.45, 2.75) is 33.6 Å². The minimum absolute atomic E-state index is 0.0347. The molecule has 0 radical (unpaired) electrons. The molecule has 0 unspecified atom stereocenters. The third kappa shape index (κ3) is 12.8. The average Bonchev–Trinajstić information content (AvgIpc) is 2.38. The molecule has 0 aliphatic heterocycles. The largest absolute Gasteiger partial charge is 0.478 e. The van der Waals surface area contributed by atoms with Gasteiger partial charge in [0.05, 0.1) is 19.8 Å². The van der Waals surface area contributed by atoms with E-state index < -0.39 is 19.8 Å². The second-order valence-corrected chi connectivity index (χ2v) is 9.57. The second kappa shape index (κ2) is 10.7. The number of ether oxygens (including phenoxy) is 2. The van der Waals surface area contributed by atoms with Crippen LogP contribution in [0.2, 0.25) is 0 Å². The van der Waals surface area contributed by atoms with Gasteiger partial charge in [0, 0.05) is 12.0 Å². The highest BCUT2D eigenvalue weighted by Gasteiger charge is 2.27. The summed E-state index contributed by atoms with van der Waals surface area (Å²) in [4.78, 5) is 11.2. The van der Waals surface area contributed by atoms with Gasteiger partial charge in [-0.1, -0.05) is 69.6 Å². The van der Waals surface area contributed by atoms with Gasteiger partial charge in [0.25, 0.3) is 0 Å². The van der Waals surface area contributed by atoms with Crippen molar-refractivity contribution in [1.82, 2.24) is 0 Å². The van der Waals surface area contributed by atoms with E-state index in [1.54, 1.807) is 0 Å². The predicted molar refractivity (Wildman–Crippen MR) is 92.9 cm³/mol. The zero-order valence-corrected chi connectivity index (χ0v) is 16.5. The van der Waals surface area contributed by atoms with Crippen LogP contribution < -0.4 is 0 Å². The fourth-order valence-corrected chi connectivity index (χ4v) is 1.83. The fourth-order valence-electron chi connectivity index (χ4n) is 1.45. The van der Waals surface area contributed by atoms with Crippen LogP contribution in [0.25, 0.3) is 0 Å². The van der Waals surface area contributed by atoms with E-state index in [-0.39, 0.29) is 38.2 Å². The molecular formula is C12H16Cl6O5. The molecule has 0 saturated heterocycles. The van der Waals surface area contributed by atoms with Crippen LogP contribution in [0.15, 0.2) is 11.1 Å². The van der Waals surface area contributed by atoms with Gasteiger partial charge in [-0.05, 0) is 18.9 Å². The minimum Gasteiger partial charge on any atom is -0.478 e. The number of aliphatic hydroxyl groups is 1. The van der Waals surface area contributed by atoms with E-state index in [2.05, 4.69) is 0 Å². The molecule has 0 aromatic carbocycles. The van der Waals surface area contributed by atoms with Gasteiger partial charge in [0.1, 0.15) is 0 Å². The van der Waals surface area contributed by atoms with Crippen molar-refractivity contribution in [3.8, 4) is 0 Å². The van der Waals surface area contributed by atoms with Gasteiger partial charge < -0.3 is 19.7 Å². The Morgan fingerprint density at radius 2 is 1.48 bits per heavy atom. The van der Waals surface area contributed by atoms with Crippen LogP contribution in [0.5, 0.6) is 0 Å². The predicted octanol–water partition coefficient (Wildman–Crippen LogP) is 4.26. The molecular weight excluding hydrogens is 437 g/mol. The van der Waals surface area contributed by atoms with Crippen LogP contribution in [-0.2, 0) is 14.3 Å². The Balaban J connectivity index is 4.82. The van der Waals surface area contributed by atoms with Gasteiger partial charge in [-0.15, -0.1) is 0 Å². The SMILES string of the molecule is C/C(CO)=C(\CCC(OCC(Cl)(Cl)Cl)OCC(Cl)(Cl)Cl)C(=O)O. The zero-order chi connectivity index (χ0) is 18.3. The number of aliphatic carboxylic acids is 1. The van der Waals surface area contributed by atoms with Gasteiger partial charge >= 0.3 is 5.97 Å². The molecule has 0 aliphatic rings. The third-order valence-electron chi connectivity index (χ3n) is 2.51. The first kappa shape index (κ1) is 23.8. The number of alkyl halides is 6. The Kier molecular flexibility index (Phi) is 11.1. The summed E-state index contributed by atoms with van der Waals surface area (Å²) in [5, 5.41) is 18.2. The van der Waals surface area contributed by atoms with Crippen molar-refractivity contribution in [2.75, 3.05) is 19.8 Å². The van der Waals surface area contributed by atoms with E-state index in [1.807, 2.05) is 0 Å². The number of hydrogen-bond donors (Lipinski definition) is 2. The molecule has 0 rings (SSSR count). The van der Waals surface area contributed by atoms with Gasteiger partial charge in [0.15, 0.2) is 6.29 Å². The standard InChI is InChI=1S/C12H16Cl6O5/c1-7(4-19)8(10(20)21)2-3-9(22-5-11(13,14)15)23-6-12(16,17)18/h9,19H,2-6H2,1H3,(H,20,21)/b8-7-. The van der Waals surface area contributed by atoms with E-state index in [4.69, 9.17) is 89.3 Å². The lowest BCUT2D eigenvalue weighted by atomic mass is 10.0. The van der Waals surface area contributed by atoms with E-state index in [0.717, 1.165) is 0 Å². The van der Waals surface area contributed by atoms with Crippen molar-refractivity contribution in [1.29, 1.82) is 0 Å². The zero-order valence-electron chi connectivity index (χ0n) is 12.0. The van der Waals surface area contributed by atoms with Crippen molar-refractivity contribution in [3.05, 3.63) is 11.1 Å². The third-order valence-corrected chi connectivity index (χ3v) is 3.16. The van der Waals surface area contributed by atoms with Crippen LogP contribution in [0, 0.1) is 0 Å². The van der Waals surface area contributed by atoms with Gasteiger partial charge in [-0.2, -0.15) is 0 Å². The summed E-state index contributed by atoms with van der Waals surface area (Å²) in [7, 11) is 0. The quantitative estimate of drug-likeness (QED) is 0.310. The molecule has 5 nitrogen and oxygen atoms in total. The molecule has 2 N–H and O–H groups in total. The number of carboxylic acid groups (broad SMARTS) is 1. The van der Waals surface area contributed by atoms with Gasteiger partial charge in [0.2, 0.25) is 7.59 Å². The normalized spacial score (nSPS) is 14.1. The van der Waals surface area contributed by atoms with Crippen molar-refractivity contribution < 1.29 is 24.5 Å². The Morgan fingerprint density at radius 1 is 1.04 bits per heavy atom. The smallest absolute Gasteiger partial charge is 0.331 e. The fraction of sp³-hybridized carbons (Fsp3) is 0.750. The average molecular weight is 453 g/mol. The lowest BCUT2D eigenvalue weighted by Crippen LogP contribution is -2.27. The highest BCUT2D eigenvalue weighted by molar-refractivity contribution is 6.68. The number of halogens is 6. The Hall–Kier alpha value is 0.830. The van der Waals surface area contributed by atoms with E-state index in [1.165, 1.54) is 6.92 Å². The van der Waals surface area contributed by atoms with Crippen LogP contribution in [0.4, 0.5) is 0 Å². The molecule has 0 spiro atoms. The van der Waals surface area contributed by atoms with E-state index in [9.17, 15) is 4.79 Å². The van der Waals surface area contributed by atoms with Crippen molar-refractivity contribution in [3.63, 3.8) is 0 Å². The topological polar surface area (TPSA) is 76.0 Å². The molecule has 0 bridgehead atoms. The lowest BCUT2D eigenvalue weighted by Gasteiger charge is -2.23. The summed E-state index contributed by atoms with van der Waals surface area (Å²) in [5.41, 5.74) is 0.353. The molecule has 0 aliphatic carbocycles. The summed E-state index contributed by atoms with van der Waals surface area (Å²) in [6.45, 7) is 0.527. The van der Waals surface area contributed by atoms with Crippen LogP contribution in [0.1, 0.15) is 19.8 Å². The molecule has 23 heavy (non-hydrogen) atoms. The van der Waals surface area contributed by atoms with E-state index >= 15 is 0 Å². The maximum absolute atomic E-state index is 11.2. The lowest BCUT2D eigenvalue weighted by molar-refractivity contribution is -0.144.